The minimum Gasteiger partial charge on any atom is -0.494 e. The van der Waals surface area contributed by atoms with Crippen LogP contribution in [0.25, 0.3) is 11.3 Å². The second-order valence-electron chi connectivity index (χ2n) is 7.71. The summed E-state index contributed by atoms with van der Waals surface area (Å²) in [6, 6.07) is 7.64. The third-order valence-electron chi connectivity index (χ3n) is 5.55. The monoisotopic (exact) mass is 456 g/mol. The molecule has 174 valence electrons. The maximum atomic E-state index is 14.2. The van der Waals surface area contributed by atoms with Crippen LogP contribution in [0.1, 0.15) is 24.4 Å². The Morgan fingerprint density at radius 1 is 1.21 bits per heavy atom. The Balaban J connectivity index is 1.61. The molecular formula is C23H25FN4O5. The summed E-state index contributed by atoms with van der Waals surface area (Å²) in [7, 11) is 1.33. The third kappa shape index (κ3) is 5.19. The van der Waals surface area contributed by atoms with E-state index in [0.717, 1.165) is 23.5 Å². The van der Waals surface area contributed by atoms with E-state index < -0.39 is 23.7 Å². The number of nitrogens with zero attached hydrogens (tertiary/aromatic N) is 3. The maximum Gasteiger partial charge on any atom is 0.251 e. The summed E-state index contributed by atoms with van der Waals surface area (Å²) in [5.74, 6) is -0.196. The van der Waals surface area contributed by atoms with Gasteiger partial charge in [-0.25, -0.2) is 14.4 Å². The summed E-state index contributed by atoms with van der Waals surface area (Å²) in [5.41, 5.74) is 0.795. The normalized spacial score (nSPS) is 15.4. The van der Waals surface area contributed by atoms with Crippen molar-refractivity contribution in [3.05, 3.63) is 70.5 Å². The molecule has 0 saturated carbocycles. The van der Waals surface area contributed by atoms with Gasteiger partial charge in [0.2, 0.25) is 5.95 Å². The number of methoxy groups -OCH3 is 1. The molecule has 3 aromatic rings. The first kappa shape index (κ1) is 22.8. The molecule has 1 aliphatic rings. The van der Waals surface area contributed by atoms with Crippen LogP contribution < -0.4 is 15.6 Å². The standard InChI is InChI=1S/C23H25FN4O5/c1-32-19-3-2-15(12-17(19)24)21(22(30)31)28-9-5-14(13-20(28)29)18-4-8-25-23(27-18)26-16-6-10-33-11-7-16/h2-5,8-9,12-13,16,21-22,30-31H,6-7,10-11H2,1H3,(H,25,26,27). The number of anilines is 1. The number of hydrogen-bond acceptors (Lipinski definition) is 8. The summed E-state index contributed by atoms with van der Waals surface area (Å²) < 4.78 is 25.6. The highest BCUT2D eigenvalue weighted by Gasteiger charge is 2.24. The molecule has 9 nitrogen and oxygen atoms in total. The van der Waals surface area contributed by atoms with Crippen molar-refractivity contribution in [3.8, 4) is 17.0 Å². The lowest BCUT2D eigenvalue weighted by Crippen LogP contribution is -2.32. The van der Waals surface area contributed by atoms with Gasteiger partial charge in [-0.3, -0.25) is 4.79 Å². The number of aliphatic hydroxyl groups is 2. The molecule has 1 fully saturated rings. The fourth-order valence-electron chi connectivity index (χ4n) is 3.84. The van der Waals surface area contributed by atoms with Gasteiger partial charge in [0.05, 0.1) is 12.8 Å². The number of ether oxygens (including phenoxy) is 2. The van der Waals surface area contributed by atoms with Crippen molar-refractivity contribution >= 4 is 5.95 Å². The molecule has 1 atom stereocenters. The third-order valence-corrected chi connectivity index (χ3v) is 5.55. The first-order chi connectivity index (χ1) is 16.0. The van der Waals surface area contributed by atoms with E-state index in [0.29, 0.717) is 30.4 Å². The van der Waals surface area contributed by atoms with Gasteiger partial charge in [-0.2, -0.15) is 0 Å². The van der Waals surface area contributed by atoms with E-state index >= 15 is 0 Å². The number of nitrogens with one attached hydrogen (secondary N) is 1. The topological polar surface area (TPSA) is 119 Å². The van der Waals surface area contributed by atoms with Crippen LogP contribution in [0.4, 0.5) is 10.3 Å². The van der Waals surface area contributed by atoms with Gasteiger partial charge in [-0.15, -0.1) is 0 Å². The Kier molecular flexibility index (Phi) is 6.97. The average Bonchev–Trinajstić information content (AvgIpc) is 2.81. The van der Waals surface area contributed by atoms with Gasteiger partial charge in [-0.05, 0) is 42.7 Å². The zero-order valence-electron chi connectivity index (χ0n) is 18.0. The lowest BCUT2D eigenvalue weighted by Gasteiger charge is -2.23. The Labute approximate surface area is 189 Å². The van der Waals surface area contributed by atoms with Crippen LogP contribution in [-0.4, -0.2) is 57.4 Å². The van der Waals surface area contributed by atoms with Crippen LogP contribution in [0, 0.1) is 5.82 Å². The number of aliphatic hydroxyl groups excluding tert-OH is 1. The molecule has 0 aliphatic carbocycles. The summed E-state index contributed by atoms with van der Waals surface area (Å²) >= 11 is 0. The zero-order chi connectivity index (χ0) is 23.4. The number of aromatic nitrogens is 3. The van der Waals surface area contributed by atoms with Crippen LogP contribution in [0.5, 0.6) is 5.75 Å². The van der Waals surface area contributed by atoms with Gasteiger partial charge in [0, 0.05) is 43.3 Å². The lowest BCUT2D eigenvalue weighted by atomic mass is 10.0. The zero-order valence-corrected chi connectivity index (χ0v) is 18.0. The number of pyridine rings is 1. The first-order valence-electron chi connectivity index (χ1n) is 10.6. The molecule has 0 amide bonds. The van der Waals surface area contributed by atoms with E-state index in [1.165, 1.54) is 31.5 Å². The van der Waals surface area contributed by atoms with Gasteiger partial charge in [0.1, 0.15) is 6.04 Å². The molecule has 1 unspecified atom stereocenters. The number of benzene rings is 1. The Morgan fingerprint density at radius 2 is 2.00 bits per heavy atom. The largest absolute Gasteiger partial charge is 0.494 e. The second kappa shape index (κ2) is 10.1. The summed E-state index contributed by atoms with van der Waals surface area (Å²) in [6.45, 7) is 1.37. The molecule has 10 heteroatoms. The maximum absolute atomic E-state index is 14.2. The first-order valence-corrected chi connectivity index (χ1v) is 10.6. The van der Waals surface area contributed by atoms with E-state index in [1.54, 1.807) is 18.3 Å². The number of rotatable bonds is 7. The number of hydrogen-bond donors (Lipinski definition) is 3. The summed E-state index contributed by atoms with van der Waals surface area (Å²) in [5, 5.41) is 23.2. The van der Waals surface area contributed by atoms with Crippen LogP contribution in [0.15, 0.2) is 53.6 Å². The minimum absolute atomic E-state index is 0.0153. The molecular weight excluding hydrogens is 431 g/mol. The van der Waals surface area contributed by atoms with E-state index in [9.17, 15) is 19.4 Å². The van der Waals surface area contributed by atoms with Crippen molar-refractivity contribution in [2.24, 2.45) is 0 Å². The van der Waals surface area contributed by atoms with Gasteiger partial charge >= 0.3 is 0 Å². The molecule has 0 bridgehead atoms. The fraction of sp³-hybridized carbons (Fsp3) is 0.348. The van der Waals surface area contributed by atoms with Crippen molar-refractivity contribution in [3.63, 3.8) is 0 Å². The Morgan fingerprint density at radius 3 is 2.67 bits per heavy atom. The predicted octanol–water partition coefficient (Wildman–Crippen LogP) is 1.94. The predicted molar refractivity (Wildman–Crippen MR) is 119 cm³/mol. The van der Waals surface area contributed by atoms with E-state index in [4.69, 9.17) is 9.47 Å². The highest BCUT2D eigenvalue weighted by atomic mass is 19.1. The van der Waals surface area contributed by atoms with Crippen molar-refractivity contribution in [2.45, 2.75) is 31.2 Å². The van der Waals surface area contributed by atoms with Crippen LogP contribution >= 0.6 is 0 Å². The summed E-state index contributed by atoms with van der Waals surface area (Å²) in [4.78, 5) is 21.6. The molecule has 2 aromatic heterocycles. The quantitative estimate of drug-likeness (QED) is 0.462. The van der Waals surface area contributed by atoms with Crippen molar-refractivity contribution in [1.29, 1.82) is 0 Å². The van der Waals surface area contributed by atoms with E-state index in [2.05, 4.69) is 15.3 Å². The minimum atomic E-state index is -1.93. The van der Waals surface area contributed by atoms with Gasteiger partial charge in [0.25, 0.3) is 5.56 Å². The molecule has 1 saturated heterocycles. The van der Waals surface area contributed by atoms with Gasteiger partial charge in [0.15, 0.2) is 17.9 Å². The molecule has 1 aliphatic heterocycles. The smallest absolute Gasteiger partial charge is 0.251 e. The molecule has 3 N–H and O–H groups in total. The van der Waals surface area contributed by atoms with Crippen LogP contribution in [0.2, 0.25) is 0 Å². The molecule has 1 aromatic carbocycles. The van der Waals surface area contributed by atoms with Crippen molar-refractivity contribution < 1.29 is 24.1 Å². The lowest BCUT2D eigenvalue weighted by molar-refractivity contribution is -0.0678. The Bertz CT molecular complexity index is 1160. The molecule has 4 rings (SSSR count). The average molecular weight is 456 g/mol. The molecule has 0 spiro atoms. The van der Waals surface area contributed by atoms with E-state index in [1.807, 2.05) is 0 Å². The fourth-order valence-corrected chi connectivity index (χ4v) is 3.84. The van der Waals surface area contributed by atoms with Crippen molar-refractivity contribution in [2.75, 3.05) is 25.6 Å². The summed E-state index contributed by atoms with van der Waals surface area (Å²) in [6.07, 6.45) is 2.82. The van der Waals surface area contributed by atoms with E-state index in [-0.39, 0.29) is 17.4 Å². The van der Waals surface area contributed by atoms with Crippen LogP contribution in [0.3, 0.4) is 0 Å². The second-order valence-corrected chi connectivity index (χ2v) is 7.71. The molecule has 0 radical (unpaired) electrons. The SMILES string of the molecule is COc1ccc(C(C(O)O)n2ccc(-c3ccnc(NC4CCOCC4)n3)cc2=O)cc1F. The van der Waals surface area contributed by atoms with Gasteiger partial charge < -0.3 is 29.6 Å². The molecule has 33 heavy (non-hydrogen) atoms. The van der Waals surface area contributed by atoms with Crippen LogP contribution in [-0.2, 0) is 4.74 Å². The highest BCUT2D eigenvalue weighted by Crippen LogP contribution is 2.26. The number of halogens is 1. The van der Waals surface area contributed by atoms with Gasteiger partial charge in [-0.1, -0.05) is 6.07 Å². The Hall–Kier alpha value is -3.34. The molecule has 3 heterocycles. The van der Waals surface area contributed by atoms with Crippen molar-refractivity contribution in [1.82, 2.24) is 14.5 Å². The highest BCUT2D eigenvalue weighted by molar-refractivity contribution is 5.59.